The van der Waals surface area contributed by atoms with Gasteiger partial charge in [-0.05, 0) is 31.2 Å². The molecule has 1 saturated heterocycles. The molecule has 152 valence electrons. The Morgan fingerprint density at radius 3 is 2.87 bits per heavy atom. The van der Waals surface area contributed by atoms with Crippen molar-refractivity contribution in [1.29, 1.82) is 0 Å². The number of ether oxygens (including phenoxy) is 1. The van der Waals surface area contributed by atoms with Gasteiger partial charge in [-0.25, -0.2) is 4.98 Å². The maximum atomic E-state index is 13.2. The predicted octanol–water partition coefficient (Wildman–Crippen LogP) is 3.17. The van der Waals surface area contributed by atoms with E-state index in [9.17, 15) is 4.79 Å². The van der Waals surface area contributed by atoms with Crippen LogP contribution in [0.5, 0.6) is 0 Å². The molecule has 2 aromatic carbocycles. The Morgan fingerprint density at radius 2 is 2.03 bits per heavy atom. The summed E-state index contributed by atoms with van der Waals surface area (Å²) in [5.41, 5.74) is 3.24. The molecule has 0 saturated carbocycles. The Bertz CT molecular complexity index is 1150. The van der Waals surface area contributed by atoms with Crippen molar-refractivity contribution in [2.45, 2.75) is 19.4 Å². The normalized spacial score (nSPS) is 18.7. The smallest absolute Gasteiger partial charge is 0.253 e. The molecule has 1 amide bonds. The van der Waals surface area contributed by atoms with Crippen LogP contribution in [0.1, 0.15) is 20.9 Å². The lowest BCUT2D eigenvalue weighted by Crippen LogP contribution is -2.41. The van der Waals surface area contributed by atoms with Gasteiger partial charge < -0.3 is 10.1 Å². The van der Waals surface area contributed by atoms with E-state index in [2.05, 4.69) is 21.6 Å². The van der Waals surface area contributed by atoms with E-state index in [1.807, 2.05) is 43.3 Å². The number of aryl methyl sites for hydroxylation is 1. The fourth-order valence-corrected chi connectivity index (χ4v) is 4.84. The van der Waals surface area contributed by atoms with E-state index in [1.165, 1.54) is 9.50 Å². The maximum absolute atomic E-state index is 13.2. The number of hydrogen-bond donors (Lipinski definition) is 1. The van der Waals surface area contributed by atoms with Crippen LogP contribution < -0.4 is 5.32 Å². The first-order chi connectivity index (χ1) is 14.7. The van der Waals surface area contributed by atoms with Crippen molar-refractivity contribution in [3.63, 3.8) is 0 Å². The summed E-state index contributed by atoms with van der Waals surface area (Å²) in [6.07, 6.45) is 3.98. The van der Waals surface area contributed by atoms with Crippen molar-refractivity contribution in [2.24, 2.45) is 5.92 Å². The number of benzene rings is 2. The molecule has 0 spiro atoms. The summed E-state index contributed by atoms with van der Waals surface area (Å²) in [4.78, 5) is 19.4. The van der Waals surface area contributed by atoms with Crippen molar-refractivity contribution in [1.82, 2.24) is 25.3 Å². The van der Waals surface area contributed by atoms with E-state index in [0.717, 1.165) is 22.5 Å². The molecule has 2 atom stereocenters. The number of amides is 1. The first-order valence-corrected chi connectivity index (χ1v) is 10.7. The van der Waals surface area contributed by atoms with Crippen LogP contribution >= 0.6 is 11.3 Å². The van der Waals surface area contributed by atoms with Gasteiger partial charge in [0.05, 0.1) is 58.1 Å². The minimum Gasteiger partial charge on any atom is -0.379 e. The summed E-state index contributed by atoms with van der Waals surface area (Å²) in [6.45, 7) is 3.08. The van der Waals surface area contributed by atoms with E-state index in [0.29, 0.717) is 24.5 Å². The van der Waals surface area contributed by atoms with Gasteiger partial charge >= 0.3 is 0 Å². The number of rotatable bonds is 5. The molecule has 1 N–H and O–H groups in total. The summed E-state index contributed by atoms with van der Waals surface area (Å²) < 4.78 is 6.89. The number of hydrogen-bond acceptors (Lipinski definition) is 6. The lowest BCUT2D eigenvalue weighted by atomic mass is 9.99. The van der Waals surface area contributed by atoms with Gasteiger partial charge in [-0.2, -0.15) is 15.0 Å². The van der Waals surface area contributed by atoms with Gasteiger partial charge in [-0.15, -0.1) is 11.3 Å². The molecule has 8 heteroatoms. The topological polar surface area (TPSA) is 81.9 Å². The van der Waals surface area contributed by atoms with Crippen molar-refractivity contribution < 1.29 is 9.53 Å². The highest BCUT2D eigenvalue weighted by Crippen LogP contribution is 2.27. The summed E-state index contributed by atoms with van der Waals surface area (Å²) in [5.74, 6) is 0.0430. The molecule has 0 radical (unpaired) electrons. The average Bonchev–Trinajstić information content (AvgIpc) is 3.49. The third-order valence-electron chi connectivity index (χ3n) is 5.32. The van der Waals surface area contributed by atoms with Gasteiger partial charge in [-0.1, -0.05) is 23.8 Å². The zero-order valence-corrected chi connectivity index (χ0v) is 17.3. The molecule has 1 fully saturated rings. The fraction of sp³-hybridized carbons (Fsp3) is 0.273. The van der Waals surface area contributed by atoms with Crippen LogP contribution in [-0.2, 0) is 11.2 Å². The largest absolute Gasteiger partial charge is 0.379 e. The Balaban J connectivity index is 1.35. The Hall–Kier alpha value is -3.10. The molecule has 0 unspecified atom stereocenters. The average molecular weight is 420 g/mol. The molecule has 3 heterocycles. The number of carbonyl (C=O) groups excluding carboxylic acids is 1. The molecular weight excluding hydrogens is 398 g/mol. The van der Waals surface area contributed by atoms with E-state index in [4.69, 9.17) is 9.72 Å². The molecule has 0 aliphatic carbocycles. The van der Waals surface area contributed by atoms with Crippen LogP contribution in [0.15, 0.2) is 54.9 Å². The molecule has 2 aromatic heterocycles. The lowest BCUT2D eigenvalue weighted by Gasteiger charge is -2.19. The Labute approximate surface area is 177 Å². The van der Waals surface area contributed by atoms with E-state index < -0.39 is 0 Å². The van der Waals surface area contributed by atoms with E-state index in [-0.39, 0.29) is 17.9 Å². The second-order valence-electron chi connectivity index (χ2n) is 7.50. The van der Waals surface area contributed by atoms with Crippen LogP contribution in [-0.4, -0.2) is 45.1 Å². The number of thiazole rings is 1. The lowest BCUT2D eigenvalue weighted by molar-refractivity contribution is 0.0924. The highest BCUT2D eigenvalue weighted by atomic mass is 32.1. The number of nitrogens with one attached hydrogen (secondary N) is 1. The highest BCUT2D eigenvalue weighted by molar-refractivity contribution is 7.18. The second-order valence-corrected chi connectivity index (χ2v) is 8.61. The number of carbonyl (C=O) groups is 1. The molecular formula is C22H21N5O2S. The van der Waals surface area contributed by atoms with Gasteiger partial charge in [0.1, 0.15) is 0 Å². The monoisotopic (exact) mass is 419 g/mol. The van der Waals surface area contributed by atoms with Crippen LogP contribution in [0.25, 0.3) is 15.9 Å². The number of nitrogens with zero attached hydrogens (tertiary/aromatic N) is 4. The van der Waals surface area contributed by atoms with Crippen molar-refractivity contribution in [2.75, 3.05) is 13.2 Å². The van der Waals surface area contributed by atoms with Crippen LogP contribution in [0.2, 0.25) is 0 Å². The number of para-hydroxylation sites is 1. The summed E-state index contributed by atoms with van der Waals surface area (Å²) >= 11 is 1.70. The minimum atomic E-state index is -0.143. The third kappa shape index (κ3) is 3.71. The van der Waals surface area contributed by atoms with Gasteiger partial charge in [0.25, 0.3) is 5.91 Å². The van der Waals surface area contributed by atoms with Gasteiger partial charge in [0.2, 0.25) is 0 Å². The van der Waals surface area contributed by atoms with Crippen molar-refractivity contribution >= 4 is 27.5 Å². The van der Waals surface area contributed by atoms with Gasteiger partial charge in [-0.3, -0.25) is 4.79 Å². The SMILES string of the molecule is Cc1ccc(-n2nccn2)c(C(=O)N[C@H]2COC[C@H]2Cc2nc3ccccc3s2)c1. The van der Waals surface area contributed by atoms with Gasteiger partial charge in [0.15, 0.2) is 0 Å². The van der Waals surface area contributed by atoms with Crippen molar-refractivity contribution in [3.05, 3.63) is 71.0 Å². The van der Waals surface area contributed by atoms with Crippen LogP contribution in [0, 0.1) is 12.8 Å². The minimum absolute atomic E-state index is 0.0662. The zero-order chi connectivity index (χ0) is 20.5. The fourth-order valence-electron chi connectivity index (χ4n) is 3.78. The molecule has 5 rings (SSSR count). The van der Waals surface area contributed by atoms with Gasteiger partial charge in [0, 0.05) is 12.3 Å². The molecule has 1 aliphatic rings. The summed E-state index contributed by atoms with van der Waals surface area (Å²) in [6, 6.07) is 13.8. The molecule has 1 aliphatic heterocycles. The number of fused-ring (bicyclic) bond motifs is 1. The highest BCUT2D eigenvalue weighted by Gasteiger charge is 2.31. The Kier molecular flexibility index (Phi) is 5.02. The van der Waals surface area contributed by atoms with Crippen LogP contribution in [0.3, 0.4) is 0 Å². The standard InChI is InChI=1S/C22H21N5O2S/c1-14-6-7-19(27-23-8-9-24-27)16(10-14)22(28)26-18-13-29-12-15(18)11-21-25-17-4-2-3-5-20(17)30-21/h2-10,15,18H,11-13H2,1H3,(H,26,28)/t15-,18+/m1/s1. The van der Waals surface area contributed by atoms with Crippen LogP contribution in [0.4, 0.5) is 0 Å². The van der Waals surface area contributed by atoms with E-state index in [1.54, 1.807) is 23.7 Å². The first kappa shape index (κ1) is 18.9. The second kappa shape index (κ2) is 7.97. The molecule has 4 aromatic rings. The molecule has 0 bridgehead atoms. The van der Waals surface area contributed by atoms with E-state index >= 15 is 0 Å². The summed E-state index contributed by atoms with van der Waals surface area (Å²) in [5, 5.41) is 12.6. The molecule has 7 nitrogen and oxygen atoms in total. The quantitative estimate of drug-likeness (QED) is 0.537. The zero-order valence-electron chi connectivity index (χ0n) is 16.5. The van der Waals surface area contributed by atoms with Crippen molar-refractivity contribution in [3.8, 4) is 5.69 Å². The molecule has 30 heavy (non-hydrogen) atoms. The maximum Gasteiger partial charge on any atom is 0.253 e. The Morgan fingerprint density at radius 1 is 1.20 bits per heavy atom. The number of aromatic nitrogens is 4. The third-order valence-corrected chi connectivity index (χ3v) is 6.38. The predicted molar refractivity (Wildman–Crippen MR) is 115 cm³/mol. The first-order valence-electron chi connectivity index (χ1n) is 9.88. The summed E-state index contributed by atoms with van der Waals surface area (Å²) in [7, 11) is 0.